The van der Waals surface area contributed by atoms with Crippen molar-refractivity contribution in [2.24, 2.45) is 0 Å². The van der Waals surface area contributed by atoms with Crippen molar-refractivity contribution in [2.75, 3.05) is 18.5 Å². The summed E-state index contributed by atoms with van der Waals surface area (Å²) < 4.78 is 48.0. The molecule has 0 saturated carbocycles. The van der Waals surface area contributed by atoms with Crippen LogP contribution in [0.25, 0.3) is 16.2 Å². The van der Waals surface area contributed by atoms with Gasteiger partial charge in [0.15, 0.2) is 0 Å². The Morgan fingerprint density at radius 1 is 1.27 bits per heavy atom. The van der Waals surface area contributed by atoms with Crippen LogP contribution in [-0.2, 0) is 4.74 Å². The van der Waals surface area contributed by atoms with Crippen LogP contribution in [0.5, 0.6) is 5.75 Å². The van der Waals surface area contributed by atoms with E-state index in [0.717, 1.165) is 31.2 Å². The first kappa shape index (κ1) is 17.1. The summed E-state index contributed by atoms with van der Waals surface area (Å²) in [5.41, 5.74) is 1.07. The molecule has 3 aromatic rings. The summed E-state index contributed by atoms with van der Waals surface area (Å²) in [5, 5.41) is 8.58. The van der Waals surface area contributed by atoms with Gasteiger partial charge in [-0.1, -0.05) is 23.5 Å². The molecule has 1 aromatic carbocycles. The van der Waals surface area contributed by atoms with Gasteiger partial charge in [-0.15, -0.1) is 18.3 Å². The van der Waals surface area contributed by atoms with E-state index in [2.05, 4.69) is 20.1 Å². The second kappa shape index (κ2) is 6.76. The fourth-order valence-corrected chi connectivity index (χ4v) is 3.63. The van der Waals surface area contributed by atoms with Gasteiger partial charge in [-0.2, -0.15) is 0 Å². The Hall–Kier alpha value is -2.33. The number of anilines is 1. The molecule has 138 valence electrons. The molecule has 1 aliphatic heterocycles. The Bertz CT molecular complexity index is 871. The molecule has 4 rings (SSSR count). The molecule has 0 radical (unpaired) electrons. The maximum Gasteiger partial charge on any atom is 0.573 e. The van der Waals surface area contributed by atoms with E-state index in [4.69, 9.17) is 4.74 Å². The van der Waals surface area contributed by atoms with Crippen LogP contribution < -0.4 is 10.1 Å². The monoisotopic (exact) mass is 384 g/mol. The van der Waals surface area contributed by atoms with Gasteiger partial charge in [0, 0.05) is 24.8 Å². The zero-order valence-corrected chi connectivity index (χ0v) is 14.3. The third-order valence-corrected chi connectivity index (χ3v) is 4.81. The lowest BCUT2D eigenvalue weighted by molar-refractivity contribution is -0.274. The molecule has 0 amide bonds. The number of nitrogens with one attached hydrogen (secondary N) is 1. The zero-order chi connectivity index (χ0) is 18.1. The van der Waals surface area contributed by atoms with Crippen LogP contribution in [0.3, 0.4) is 0 Å². The maximum absolute atomic E-state index is 12.4. The van der Waals surface area contributed by atoms with Crippen molar-refractivity contribution in [3.05, 3.63) is 30.5 Å². The number of benzene rings is 1. The molecule has 3 heterocycles. The first-order valence-corrected chi connectivity index (χ1v) is 8.85. The highest BCUT2D eigenvalue weighted by atomic mass is 32.1. The second-order valence-electron chi connectivity index (χ2n) is 5.87. The highest BCUT2D eigenvalue weighted by molar-refractivity contribution is 7.20. The van der Waals surface area contributed by atoms with Crippen molar-refractivity contribution in [3.8, 4) is 17.0 Å². The standard InChI is InChI=1S/C16H15F3N4O2S/c17-16(18,19)25-12-3-1-2-10(8-12)13-9-23-15(21-13)26-14(22-23)20-11-4-6-24-7-5-11/h1-3,8-9,11H,4-7H2,(H,20,22). The number of hydrogen-bond acceptors (Lipinski definition) is 6. The quantitative estimate of drug-likeness (QED) is 0.738. The summed E-state index contributed by atoms with van der Waals surface area (Å²) in [6, 6.07) is 6.06. The molecule has 0 aliphatic carbocycles. The van der Waals surface area contributed by atoms with Crippen LogP contribution in [-0.4, -0.2) is 40.2 Å². The number of nitrogens with zero attached hydrogens (tertiary/aromatic N) is 3. The Morgan fingerprint density at radius 3 is 2.81 bits per heavy atom. The number of alkyl halides is 3. The molecule has 0 unspecified atom stereocenters. The Morgan fingerprint density at radius 2 is 2.08 bits per heavy atom. The molecular formula is C16H15F3N4O2S. The Labute approximate surface area is 150 Å². The normalized spacial score (nSPS) is 16.1. The Kier molecular flexibility index (Phi) is 4.45. The number of ether oxygens (including phenoxy) is 2. The van der Waals surface area contributed by atoms with Crippen molar-refractivity contribution in [2.45, 2.75) is 25.2 Å². The number of fused-ring (bicyclic) bond motifs is 1. The molecule has 0 spiro atoms. The topological polar surface area (TPSA) is 60.7 Å². The van der Waals surface area contributed by atoms with E-state index >= 15 is 0 Å². The molecular weight excluding hydrogens is 369 g/mol. The van der Waals surface area contributed by atoms with E-state index < -0.39 is 6.36 Å². The highest BCUT2D eigenvalue weighted by Gasteiger charge is 2.31. The minimum absolute atomic E-state index is 0.277. The summed E-state index contributed by atoms with van der Waals surface area (Å²) >= 11 is 1.40. The van der Waals surface area contributed by atoms with Gasteiger partial charge < -0.3 is 14.8 Å². The third kappa shape index (κ3) is 3.91. The van der Waals surface area contributed by atoms with E-state index in [-0.39, 0.29) is 5.75 Å². The van der Waals surface area contributed by atoms with Gasteiger partial charge in [0.05, 0.1) is 11.9 Å². The molecule has 1 N–H and O–H groups in total. The summed E-state index contributed by atoms with van der Waals surface area (Å²) in [6.45, 7) is 1.47. The molecule has 1 saturated heterocycles. The molecule has 1 fully saturated rings. The fourth-order valence-electron chi connectivity index (χ4n) is 2.77. The van der Waals surface area contributed by atoms with Crippen LogP contribution >= 0.6 is 11.3 Å². The lowest BCUT2D eigenvalue weighted by atomic mass is 10.1. The lowest BCUT2D eigenvalue weighted by Gasteiger charge is -2.22. The van der Waals surface area contributed by atoms with Gasteiger partial charge in [0.2, 0.25) is 10.1 Å². The average Bonchev–Trinajstić information content (AvgIpc) is 3.13. The van der Waals surface area contributed by atoms with Crippen LogP contribution in [0.1, 0.15) is 12.8 Å². The van der Waals surface area contributed by atoms with Crippen LogP contribution in [0.4, 0.5) is 18.3 Å². The molecule has 1 aliphatic rings. The number of rotatable bonds is 4. The van der Waals surface area contributed by atoms with Crippen molar-refractivity contribution >= 4 is 21.4 Å². The third-order valence-electron chi connectivity index (χ3n) is 3.96. The van der Waals surface area contributed by atoms with Crippen molar-refractivity contribution in [3.63, 3.8) is 0 Å². The molecule has 0 atom stereocenters. The van der Waals surface area contributed by atoms with E-state index in [1.165, 1.54) is 29.5 Å². The minimum Gasteiger partial charge on any atom is -0.406 e. The summed E-state index contributed by atoms with van der Waals surface area (Å²) in [4.78, 5) is 5.12. The van der Waals surface area contributed by atoms with Crippen molar-refractivity contribution < 1.29 is 22.6 Å². The number of hydrogen-bond donors (Lipinski definition) is 1. The molecule has 10 heteroatoms. The van der Waals surface area contributed by atoms with Gasteiger partial charge in [-0.05, 0) is 25.0 Å². The predicted molar refractivity (Wildman–Crippen MR) is 90.4 cm³/mol. The second-order valence-corrected chi connectivity index (χ2v) is 6.82. The predicted octanol–water partition coefficient (Wildman–Crippen LogP) is 3.95. The first-order valence-electron chi connectivity index (χ1n) is 8.03. The SMILES string of the molecule is FC(F)(F)Oc1cccc(-c2cn3nc(NC4CCOCC4)sc3n2)c1. The van der Waals surface area contributed by atoms with Crippen molar-refractivity contribution in [1.82, 2.24) is 14.6 Å². The highest BCUT2D eigenvalue weighted by Crippen LogP contribution is 2.29. The molecule has 0 bridgehead atoms. The molecule has 6 nitrogen and oxygen atoms in total. The lowest BCUT2D eigenvalue weighted by Crippen LogP contribution is -2.27. The largest absolute Gasteiger partial charge is 0.573 e. The smallest absolute Gasteiger partial charge is 0.406 e. The fraction of sp³-hybridized carbons (Fsp3) is 0.375. The van der Waals surface area contributed by atoms with Gasteiger partial charge in [0.25, 0.3) is 0 Å². The van der Waals surface area contributed by atoms with Crippen LogP contribution in [0.2, 0.25) is 0 Å². The minimum atomic E-state index is -4.72. The van der Waals surface area contributed by atoms with Gasteiger partial charge in [-0.3, -0.25) is 0 Å². The Balaban J connectivity index is 1.53. The van der Waals surface area contributed by atoms with Gasteiger partial charge >= 0.3 is 6.36 Å². The molecule has 26 heavy (non-hydrogen) atoms. The summed E-state index contributed by atoms with van der Waals surface area (Å²) in [7, 11) is 0. The van der Waals surface area contributed by atoms with E-state index in [1.807, 2.05) is 0 Å². The number of halogens is 3. The summed E-state index contributed by atoms with van der Waals surface area (Å²) in [6.07, 6.45) is -1.18. The van der Waals surface area contributed by atoms with Crippen LogP contribution in [0.15, 0.2) is 30.5 Å². The number of aromatic nitrogens is 3. The zero-order valence-electron chi connectivity index (χ0n) is 13.5. The van der Waals surface area contributed by atoms with Gasteiger partial charge in [0.1, 0.15) is 5.75 Å². The average molecular weight is 384 g/mol. The van der Waals surface area contributed by atoms with Crippen LogP contribution in [0, 0.1) is 0 Å². The van der Waals surface area contributed by atoms with Crippen molar-refractivity contribution in [1.29, 1.82) is 0 Å². The van der Waals surface area contributed by atoms with Gasteiger partial charge in [-0.25, -0.2) is 9.50 Å². The molecule has 2 aromatic heterocycles. The maximum atomic E-state index is 12.4. The summed E-state index contributed by atoms with van der Waals surface area (Å²) in [5.74, 6) is -0.277. The van der Waals surface area contributed by atoms with E-state index in [1.54, 1.807) is 16.8 Å². The number of imidazole rings is 1. The van der Waals surface area contributed by atoms with E-state index in [0.29, 0.717) is 22.3 Å². The van der Waals surface area contributed by atoms with E-state index in [9.17, 15) is 13.2 Å². The first-order chi connectivity index (χ1) is 12.5.